The Labute approximate surface area is 112 Å². The van der Waals surface area contributed by atoms with E-state index in [1.165, 1.54) is 0 Å². The zero-order valence-corrected chi connectivity index (χ0v) is 10.5. The molecule has 0 atom stereocenters. The summed E-state index contributed by atoms with van der Waals surface area (Å²) in [7, 11) is 0. The van der Waals surface area contributed by atoms with Gasteiger partial charge in [-0.15, -0.1) is 0 Å². The molecular formula is C10H8F8O3. The molecule has 0 aliphatic carbocycles. The Bertz CT molecular complexity index is 463. The highest BCUT2D eigenvalue weighted by Crippen LogP contribution is 2.50. The number of carbonyl (C=O) groups is 2. The van der Waals surface area contributed by atoms with Crippen LogP contribution in [-0.4, -0.2) is 36.4 Å². The average Bonchev–Trinajstić information content (AvgIpc) is 2.26. The second-order valence-electron chi connectivity index (χ2n) is 3.61. The second-order valence-corrected chi connectivity index (χ2v) is 3.61. The van der Waals surface area contributed by atoms with E-state index in [9.17, 15) is 44.7 Å². The number of allylic oxidation sites excluding steroid dienone is 1. The minimum absolute atomic E-state index is 0.327. The van der Waals surface area contributed by atoms with E-state index in [4.69, 9.17) is 0 Å². The van der Waals surface area contributed by atoms with Crippen molar-refractivity contribution in [1.29, 1.82) is 0 Å². The van der Waals surface area contributed by atoms with Crippen LogP contribution in [0.1, 0.15) is 13.8 Å². The molecule has 21 heavy (non-hydrogen) atoms. The largest absolute Gasteiger partial charge is 0.462 e. The first-order valence-corrected chi connectivity index (χ1v) is 5.12. The Kier molecular flexibility index (Phi) is 5.50. The highest BCUT2D eigenvalue weighted by Gasteiger charge is 2.75. The molecule has 11 heteroatoms. The van der Waals surface area contributed by atoms with Gasteiger partial charge >= 0.3 is 24.0 Å². The molecule has 0 aromatic carbocycles. The van der Waals surface area contributed by atoms with Crippen LogP contribution in [0.5, 0.6) is 0 Å². The molecule has 0 rings (SSSR count). The number of halogens is 8. The van der Waals surface area contributed by atoms with Crippen LogP contribution in [0, 0.1) is 0 Å². The van der Waals surface area contributed by atoms with Crippen LogP contribution in [0.15, 0.2) is 11.4 Å². The van der Waals surface area contributed by atoms with Crippen molar-refractivity contribution in [3.05, 3.63) is 11.4 Å². The van der Waals surface area contributed by atoms with Crippen molar-refractivity contribution in [3.63, 3.8) is 0 Å². The Morgan fingerprint density at radius 2 is 1.43 bits per heavy atom. The Morgan fingerprint density at radius 1 is 1.00 bits per heavy atom. The monoisotopic (exact) mass is 328 g/mol. The van der Waals surface area contributed by atoms with E-state index < -0.39 is 47.8 Å². The quantitative estimate of drug-likeness (QED) is 0.256. The summed E-state index contributed by atoms with van der Waals surface area (Å²) < 4.78 is 104. The van der Waals surface area contributed by atoms with Crippen LogP contribution in [0.3, 0.4) is 0 Å². The molecule has 122 valence electrons. The molecule has 0 aromatic rings. The molecule has 0 aliphatic heterocycles. The van der Waals surface area contributed by atoms with Gasteiger partial charge < -0.3 is 4.74 Å². The molecule has 0 bridgehead atoms. The lowest BCUT2D eigenvalue weighted by Gasteiger charge is -2.27. The van der Waals surface area contributed by atoms with E-state index >= 15 is 0 Å². The van der Waals surface area contributed by atoms with Crippen molar-refractivity contribution in [1.82, 2.24) is 0 Å². The van der Waals surface area contributed by atoms with Gasteiger partial charge in [-0.2, -0.15) is 30.7 Å². The Morgan fingerprint density at radius 3 is 1.71 bits per heavy atom. The van der Waals surface area contributed by atoms with E-state index in [2.05, 4.69) is 4.74 Å². The van der Waals surface area contributed by atoms with Gasteiger partial charge in [0.2, 0.25) is 0 Å². The highest BCUT2D eigenvalue weighted by molar-refractivity contribution is 6.16. The number of alkyl halides is 7. The van der Waals surface area contributed by atoms with Crippen molar-refractivity contribution in [2.75, 3.05) is 6.61 Å². The molecule has 0 saturated heterocycles. The number of esters is 1. The van der Waals surface area contributed by atoms with Crippen molar-refractivity contribution in [2.45, 2.75) is 31.9 Å². The lowest BCUT2D eigenvalue weighted by molar-refractivity contribution is -0.347. The van der Waals surface area contributed by atoms with Gasteiger partial charge in [0.05, 0.1) is 6.61 Å². The first-order valence-electron chi connectivity index (χ1n) is 5.12. The topological polar surface area (TPSA) is 43.4 Å². The van der Waals surface area contributed by atoms with E-state index in [1.54, 1.807) is 0 Å². The molecule has 0 heterocycles. The molecule has 0 amide bonds. The number of Topliss-reactive ketones (excluding diaryl/α,β-unsaturated/α-hetero) is 1. The SMILES string of the molecule is CCOC(=O)/C(C(C)=O)=C(\F)C(F)(F)C(F)(F)C(F)(F)F. The van der Waals surface area contributed by atoms with E-state index in [0.29, 0.717) is 6.92 Å². The maximum atomic E-state index is 13.3. The van der Waals surface area contributed by atoms with Crippen LogP contribution < -0.4 is 0 Å². The summed E-state index contributed by atoms with van der Waals surface area (Å²) >= 11 is 0. The van der Waals surface area contributed by atoms with Gasteiger partial charge in [0.25, 0.3) is 0 Å². The molecule has 0 N–H and O–H groups in total. The standard InChI is InChI=1S/C10H8F8O3/c1-3-21-7(20)5(4(2)19)6(11)8(12,13)9(14,15)10(16,17)18/h3H2,1-2H3/b6-5-. The van der Waals surface area contributed by atoms with Gasteiger partial charge in [-0.1, -0.05) is 0 Å². The normalized spacial score (nSPS) is 14.6. The van der Waals surface area contributed by atoms with E-state index in [1.807, 2.05) is 0 Å². The first-order chi connectivity index (χ1) is 9.21. The van der Waals surface area contributed by atoms with Gasteiger partial charge in [-0.05, 0) is 13.8 Å². The molecule has 0 fully saturated rings. The zero-order chi connectivity index (χ0) is 17.2. The number of rotatable bonds is 5. The number of carbonyl (C=O) groups excluding carboxylic acids is 2. The second kappa shape index (κ2) is 5.98. The Hall–Kier alpha value is -1.68. The van der Waals surface area contributed by atoms with Crippen LogP contribution in [0.25, 0.3) is 0 Å². The number of ether oxygens (including phenoxy) is 1. The van der Waals surface area contributed by atoms with Gasteiger partial charge in [-0.3, -0.25) is 4.79 Å². The van der Waals surface area contributed by atoms with Gasteiger partial charge in [0, 0.05) is 0 Å². The molecule has 0 spiro atoms. The molecular weight excluding hydrogens is 320 g/mol. The summed E-state index contributed by atoms with van der Waals surface area (Å²) in [5, 5.41) is 0. The van der Waals surface area contributed by atoms with Crippen molar-refractivity contribution in [2.24, 2.45) is 0 Å². The fraction of sp³-hybridized carbons (Fsp3) is 0.600. The van der Waals surface area contributed by atoms with Crippen LogP contribution >= 0.6 is 0 Å². The molecule has 0 aliphatic rings. The average molecular weight is 328 g/mol. The number of hydrogen-bond acceptors (Lipinski definition) is 3. The third-order valence-electron chi connectivity index (χ3n) is 2.08. The summed E-state index contributed by atoms with van der Waals surface area (Å²) in [6.07, 6.45) is -6.80. The molecule has 0 aromatic heterocycles. The predicted octanol–water partition coefficient (Wildman–Crippen LogP) is 3.20. The first kappa shape index (κ1) is 19.3. The predicted molar refractivity (Wildman–Crippen MR) is 51.4 cm³/mol. The lowest BCUT2D eigenvalue weighted by Crippen LogP contribution is -2.53. The van der Waals surface area contributed by atoms with Crippen molar-refractivity contribution < 1.29 is 49.4 Å². The fourth-order valence-corrected chi connectivity index (χ4v) is 1.06. The fourth-order valence-electron chi connectivity index (χ4n) is 1.06. The number of hydrogen-bond donors (Lipinski definition) is 0. The van der Waals surface area contributed by atoms with Crippen molar-refractivity contribution >= 4 is 11.8 Å². The maximum absolute atomic E-state index is 13.3. The van der Waals surface area contributed by atoms with Crippen LogP contribution in [-0.2, 0) is 14.3 Å². The zero-order valence-electron chi connectivity index (χ0n) is 10.5. The lowest BCUT2D eigenvalue weighted by atomic mass is 10.0. The Balaban J connectivity index is 6.13. The van der Waals surface area contributed by atoms with Gasteiger partial charge in [-0.25, -0.2) is 9.18 Å². The summed E-state index contributed by atoms with van der Waals surface area (Å²) in [6.45, 7) is 0.883. The summed E-state index contributed by atoms with van der Waals surface area (Å²) in [6, 6.07) is 0. The van der Waals surface area contributed by atoms with E-state index in [0.717, 1.165) is 6.92 Å². The van der Waals surface area contributed by atoms with Gasteiger partial charge in [0.15, 0.2) is 11.6 Å². The molecule has 3 nitrogen and oxygen atoms in total. The number of ketones is 1. The molecule has 0 saturated carbocycles. The van der Waals surface area contributed by atoms with Crippen molar-refractivity contribution in [3.8, 4) is 0 Å². The van der Waals surface area contributed by atoms with Gasteiger partial charge in [0.1, 0.15) is 5.57 Å². The summed E-state index contributed by atoms with van der Waals surface area (Å²) in [5.74, 6) is -20.6. The van der Waals surface area contributed by atoms with Crippen LogP contribution in [0.4, 0.5) is 35.1 Å². The summed E-state index contributed by atoms with van der Waals surface area (Å²) in [4.78, 5) is 21.9. The highest BCUT2D eigenvalue weighted by atomic mass is 19.4. The third-order valence-corrected chi connectivity index (χ3v) is 2.08. The minimum Gasteiger partial charge on any atom is -0.462 e. The maximum Gasteiger partial charge on any atom is 0.460 e. The third kappa shape index (κ3) is 3.50. The molecule has 0 radical (unpaired) electrons. The van der Waals surface area contributed by atoms with E-state index in [-0.39, 0.29) is 0 Å². The van der Waals surface area contributed by atoms with Crippen LogP contribution in [0.2, 0.25) is 0 Å². The summed E-state index contributed by atoms with van der Waals surface area (Å²) in [5.41, 5.74) is -2.20. The molecule has 0 unspecified atom stereocenters. The smallest absolute Gasteiger partial charge is 0.460 e. The minimum atomic E-state index is -6.82.